The standard InChI is InChI=1S/C14H20N2O3/c1-2-11(9-15)13(17)16-8-7-10-3-5-12(6-4-10)14(18)19/h3-6,11H,2,7-9,15H2,1H3,(H,16,17)(H,18,19). The molecule has 104 valence electrons. The van der Waals surface area contributed by atoms with Gasteiger partial charge in [-0.15, -0.1) is 0 Å². The summed E-state index contributed by atoms with van der Waals surface area (Å²) in [5, 5.41) is 11.6. The maximum absolute atomic E-state index is 11.7. The Morgan fingerprint density at radius 3 is 2.42 bits per heavy atom. The van der Waals surface area contributed by atoms with Gasteiger partial charge in [-0.25, -0.2) is 4.79 Å². The van der Waals surface area contributed by atoms with Gasteiger partial charge in [0.05, 0.1) is 5.56 Å². The summed E-state index contributed by atoms with van der Waals surface area (Å²) in [4.78, 5) is 22.4. The molecular weight excluding hydrogens is 244 g/mol. The van der Waals surface area contributed by atoms with Crippen molar-refractivity contribution >= 4 is 11.9 Å². The van der Waals surface area contributed by atoms with E-state index in [0.717, 1.165) is 12.0 Å². The Morgan fingerprint density at radius 1 is 1.32 bits per heavy atom. The van der Waals surface area contributed by atoms with Crippen LogP contribution < -0.4 is 11.1 Å². The highest BCUT2D eigenvalue weighted by molar-refractivity contribution is 5.87. The molecule has 1 unspecified atom stereocenters. The number of carbonyl (C=O) groups is 2. The summed E-state index contributed by atoms with van der Waals surface area (Å²) < 4.78 is 0. The zero-order valence-corrected chi connectivity index (χ0v) is 11.1. The molecule has 0 saturated carbocycles. The minimum atomic E-state index is -0.936. The van der Waals surface area contributed by atoms with Crippen molar-refractivity contribution in [2.45, 2.75) is 19.8 Å². The van der Waals surface area contributed by atoms with Gasteiger partial charge in [0.2, 0.25) is 5.91 Å². The fourth-order valence-electron chi connectivity index (χ4n) is 1.75. The molecule has 0 bridgehead atoms. The highest BCUT2D eigenvalue weighted by atomic mass is 16.4. The molecule has 5 nitrogen and oxygen atoms in total. The van der Waals surface area contributed by atoms with Gasteiger partial charge >= 0.3 is 5.97 Å². The fourth-order valence-corrected chi connectivity index (χ4v) is 1.75. The van der Waals surface area contributed by atoms with Crippen molar-refractivity contribution in [3.05, 3.63) is 35.4 Å². The van der Waals surface area contributed by atoms with Crippen molar-refractivity contribution in [2.24, 2.45) is 11.7 Å². The number of carboxylic acids is 1. The molecule has 0 fully saturated rings. The number of aromatic carboxylic acids is 1. The average molecular weight is 264 g/mol. The maximum Gasteiger partial charge on any atom is 0.335 e. The van der Waals surface area contributed by atoms with Crippen molar-refractivity contribution in [1.82, 2.24) is 5.32 Å². The number of carbonyl (C=O) groups excluding carboxylic acids is 1. The van der Waals surface area contributed by atoms with Gasteiger partial charge in [0.1, 0.15) is 0 Å². The summed E-state index contributed by atoms with van der Waals surface area (Å²) in [6.07, 6.45) is 1.41. The van der Waals surface area contributed by atoms with Gasteiger partial charge in [0.15, 0.2) is 0 Å². The van der Waals surface area contributed by atoms with Crippen molar-refractivity contribution in [3.63, 3.8) is 0 Å². The van der Waals surface area contributed by atoms with Gasteiger partial charge in [-0.3, -0.25) is 4.79 Å². The number of carboxylic acid groups (broad SMARTS) is 1. The van der Waals surface area contributed by atoms with E-state index in [4.69, 9.17) is 10.8 Å². The predicted molar refractivity (Wildman–Crippen MR) is 73.0 cm³/mol. The van der Waals surface area contributed by atoms with Crippen LogP contribution in [0.1, 0.15) is 29.3 Å². The van der Waals surface area contributed by atoms with Crippen LogP contribution in [0.5, 0.6) is 0 Å². The third-order valence-electron chi connectivity index (χ3n) is 3.06. The summed E-state index contributed by atoms with van der Waals surface area (Å²) in [6, 6.07) is 6.65. The van der Waals surface area contributed by atoms with E-state index in [9.17, 15) is 9.59 Å². The zero-order valence-electron chi connectivity index (χ0n) is 11.1. The number of amides is 1. The molecule has 19 heavy (non-hydrogen) atoms. The Bertz CT molecular complexity index is 425. The van der Waals surface area contributed by atoms with Gasteiger partial charge < -0.3 is 16.2 Å². The molecule has 1 rings (SSSR count). The van der Waals surface area contributed by atoms with E-state index in [1.54, 1.807) is 24.3 Å². The number of nitrogens with two attached hydrogens (primary N) is 1. The SMILES string of the molecule is CCC(CN)C(=O)NCCc1ccc(C(=O)O)cc1. The smallest absolute Gasteiger partial charge is 0.335 e. The van der Waals surface area contributed by atoms with Gasteiger partial charge in [0.25, 0.3) is 0 Å². The Morgan fingerprint density at radius 2 is 1.95 bits per heavy atom. The maximum atomic E-state index is 11.7. The van der Waals surface area contributed by atoms with Crippen LogP contribution in [-0.4, -0.2) is 30.1 Å². The average Bonchev–Trinajstić information content (AvgIpc) is 2.40. The molecule has 0 spiro atoms. The van der Waals surface area contributed by atoms with Crippen LogP contribution in [0.25, 0.3) is 0 Å². The number of benzene rings is 1. The molecule has 4 N–H and O–H groups in total. The highest BCUT2D eigenvalue weighted by Crippen LogP contribution is 2.05. The molecule has 0 aliphatic heterocycles. The number of hydrogen-bond donors (Lipinski definition) is 3. The van der Waals surface area contributed by atoms with Crippen molar-refractivity contribution in [1.29, 1.82) is 0 Å². The van der Waals surface area contributed by atoms with E-state index in [1.165, 1.54) is 0 Å². The van der Waals surface area contributed by atoms with E-state index in [-0.39, 0.29) is 17.4 Å². The molecule has 0 heterocycles. The van der Waals surface area contributed by atoms with Crippen LogP contribution in [0.4, 0.5) is 0 Å². The molecule has 0 aromatic heterocycles. The summed E-state index contributed by atoms with van der Waals surface area (Å²) in [7, 11) is 0. The first-order chi connectivity index (χ1) is 9.08. The van der Waals surface area contributed by atoms with Crippen LogP contribution in [0.3, 0.4) is 0 Å². The molecule has 1 atom stereocenters. The first kappa shape index (κ1) is 15.2. The normalized spacial score (nSPS) is 11.9. The molecule has 1 amide bonds. The summed E-state index contributed by atoms with van der Waals surface area (Å²) in [5.74, 6) is -1.09. The van der Waals surface area contributed by atoms with Gasteiger partial charge in [-0.1, -0.05) is 19.1 Å². The topological polar surface area (TPSA) is 92.4 Å². The molecule has 0 saturated heterocycles. The van der Waals surface area contributed by atoms with Crippen LogP contribution in [-0.2, 0) is 11.2 Å². The molecule has 0 aliphatic rings. The van der Waals surface area contributed by atoms with Crippen molar-refractivity contribution < 1.29 is 14.7 Å². The molecular formula is C14H20N2O3. The van der Waals surface area contributed by atoms with E-state index in [0.29, 0.717) is 19.5 Å². The van der Waals surface area contributed by atoms with Crippen LogP contribution >= 0.6 is 0 Å². The van der Waals surface area contributed by atoms with E-state index < -0.39 is 5.97 Å². The minimum Gasteiger partial charge on any atom is -0.478 e. The van der Waals surface area contributed by atoms with E-state index in [2.05, 4.69) is 5.32 Å². The second-order valence-corrected chi connectivity index (χ2v) is 4.38. The van der Waals surface area contributed by atoms with Gasteiger partial charge in [-0.2, -0.15) is 0 Å². The molecule has 1 aromatic rings. The fraction of sp³-hybridized carbons (Fsp3) is 0.429. The Kier molecular flexibility index (Phi) is 6.02. The quantitative estimate of drug-likeness (QED) is 0.685. The monoisotopic (exact) mass is 264 g/mol. The molecule has 5 heteroatoms. The number of nitrogens with one attached hydrogen (secondary N) is 1. The van der Waals surface area contributed by atoms with Crippen molar-refractivity contribution in [2.75, 3.05) is 13.1 Å². The lowest BCUT2D eigenvalue weighted by Crippen LogP contribution is -2.35. The highest BCUT2D eigenvalue weighted by Gasteiger charge is 2.13. The Labute approximate surface area is 112 Å². The van der Waals surface area contributed by atoms with E-state index >= 15 is 0 Å². The predicted octanol–water partition coefficient (Wildman–Crippen LogP) is 1.03. The van der Waals surface area contributed by atoms with Crippen LogP contribution in [0, 0.1) is 5.92 Å². The largest absolute Gasteiger partial charge is 0.478 e. The second-order valence-electron chi connectivity index (χ2n) is 4.38. The summed E-state index contributed by atoms with van der Waals surface area (Å²) in [5.41, 5.74) is 6.75. The third kappa shape index (κ3) is 4.71. The van der Waals surface area contributed by atoms with Crippen LogP contribution in [0.2, 0.25) is 0 Å². The third-order valence-corrected chi connectivity index (χ3v) is 3.06. The van der Waals surface area contributed by atoms with Crippen LogP contribution in [0.15, 0.2) is 24.3 Å². The lowest BCUT2D eigenvalue weighted by Gasteiger charge is -2.12. The summed E-state index contributed by atoms with van der Waals surface area (Å²) >= 11 is 0. The van der Waals surface area contributed by atoms with Crippen molar-refractivity contribution in [3.8, 4) is 0 Å². The van der Waals surface area contributed by atoms with Gasteiger partial charge in [-0.05, 0) is 30.5 Å². The Hall–Kier alpha value is -1.88. The molecule has 0 radical (unpaired) electrons. The van der Waals surface area contributed by atoms with Gasteiger partial charge in [0, 0.05) is 19.0 Å². The molecule has 0 aliphatic carbocycles. The number of hydrogen-bond acceptors (Lipinski definition) is 3. The first-order valence-electron chi connectivity index (χ1n) is 6.38. The number of rotatable bonds is 7. The molecule has 1 aromatic carbocycles. The zero-order chi connectivity index (χ0) is 14.3. The lowest BCUT2D eigenvalue weighted by atomic mass is 10.1. The van der Waals surface area contributed by atoms with E-state index in [1.807, 2.05) is 6.92 Å². The second kappa shape index (κ2) is 7.53. The lowest BCUT2D eigenvalue weighted by molar-refractivity contribution is -0.124. The first-order valence-corrected chi connectivity index (χ1v) is 6.38. The summed E-state index contributed by atoms with van der Waals surface area (Å²) in [6.45, 7) is 2.82. The minimum absolute atomic E-state index is 0.0212. The Balaban J connectivity index is 2.41.